The van der Waals surface area contributed by atoms with Crippen molar-refractivity contribution >= 4 is 11.9 Å². The van der Waals surface area contributed by atoms with Crippen LogP contribution in [0.5, 0.6) is 5.75 Å². The molecule has 5 nitrogen and oxygen atoms in total. The van der Waals surface area contributed by atoms with Gasteiger partial charge in [-0.2, -0.15) is 0 Å². The van der Waals surface area contributed by atoms with E-state index in [2.05, 4.69) is 5.32 Å². The second-order valence-electron chi connectivity index (χ2n) is 6.25. The van der Waals surface area contributed by atoms with E-state index in [1.165, 1.54) is 25.7 Å². The zero-order chi connectivity index (χ0) is 15.5. The van der Waals surface area contributed by atoms with E-state index in [4.69, 9.17) is 9.84 Å². The lowest BCUT2D eigenvalue weighted by Crippen LogP contribution is -2.32. The molecule has 5 heteroatoms. The molecular weight excluding hydrogens is 282 g/mol. The molecule has 0 unspecified atom stereocenters. The number of carbonyl (C=O) groups excluding carboxylic acids is 1. The minimum Gasteiger partial charge on any atom is -0.482 e. The number of carbonyl (C=O) groups is 2. The third kappa shape index (κ3) is 4.00. The van der Waals surface area contributed by atoms with Crippen LogP contribution in [0.1, 0.15) is 31.2 Å². The number of hydrogen-bond donors (Lipinski definition) is 2. The van der Waals surface area contributed by atoms with Crippen molar-refractivity contribution in [2.75, 3.05) is 6.61 Å². The standard InChI is InChI=1S/C17H21NO4/c19-15(20)10-22-14-3-1-2-11(8-14)9-18-17(21)16(12-4-5-12)13-6-7-13/h1-3,8,12-13,16H,4-7,9-10H2,(H,18,21)(H,19,20). The van der Waals surface area contributed by atoms with Gasteiger partial charge in [0.1, 0.15) is 5.75 Å². The number of hydrogen-bond acceptors (Lipinski definition) is 3. The highest BCUT2D eigenvalue weighted by Crippen LogP contribution is 2.49. The first kappa shape index (κ1) is 14.9. The van der Waals surface area contributed by atoms with Gasteiger partial charge >= 0.3 is 5.97 Å². The van der Waals surface area contributed by atoms with E-state index < -0.39 is 5.97 Å². The van der Waals surface area contributed by atoms with Crippen molar-refractivity contribution in [3.63, 3.8) is 0 Å². The van der Waals surface area contributed by atoms with Gasteiger partial charge in [-0.25, -0.2) is 4.79 Å². The first-order valence-electron chi connectivity index (χ1n) is 7.85. The van der Waals surface area contributed by atoms with Gasteiger partial charge in [0.05, 0.1) is 0 Å². The van der Waals surface area contributed by atoms with Gasteiger partial charge in [0, 0.05) is 12.5 Å². The van der Waals surface area contributed by atoms with E-state index in [1.807, 2.05) is 6.07 Å². The molecule has 2 aliphatic carbocycles. The predicted octanol–water partition coefficient (Wildman–Crippen LogP) is 2.20. The summed E-state index contributed by atoms with van der Waals surface area (Å²) in [5.41, 5.74) is 0.918. The van der Waals surface area contributed by atoms with Crippen LogP contribution in [0.3, 0.4) is 0 Å². The molecule has 22 heavy (non-hydrogen) atoms. The predicted molar refractivity (Wildman–Crippen MR) is 80.4 cm³/mol. The smallest absolute Gasteiger partial charge is 0.341 e. The fraction of sp³-hybridized carbons (Fsp3) is 0.529. The van der Waals surface area contributed by atoms with Crippen molar-refractivity contribution in [3.05, 3.63) is 29.8 Å². The van der Waals surface area contributed by atoms with Crippen molar-refractivity contribution in [2.45, 2.75) is 32.2 Å². The Bertz CT molecular complexity index is 552. The number of aliphatic carboxylic acids is 1. The highest BCUT2D eigenvalue weighted by Gasteiger charge is 2.45. The zero-order valence-electron chi connectivity index (χ0n) is 12.5. The Morgan fingerprint density at radius 1 is 1.23 bits per heavy atom. The van der Waals surface area contributed by atoms with Gasteiger partial charge < -0.3 is 15.2 Å². The third-order valence-corrected chi connectivity index (χ3v) is 4.29. The van der Waals surface area contributed by atoms with Gasteiger partial charge in [0.25, 0.3) is 0 Å². The highest BCUT2D eigenvalue weighted by molar-refractivity contribution is 5.80. The van der Waals surface area contributed by atoms with E-state index in [0.29, 0.717) is 24.1 Å². The molecule has 0 atom stereocenters. The van der Waals surface area contributed by atoms with Gasteiger partial charge in [-0.3, -0.25) is 4.79 Å². The Balaban J connectivity index is 1.53. The highest BCUT2D eigenvalue weighted by atomic mass is 16.5. The Morgan fingerprint density at radius 3 is 2.50 bits per heavy atom. The maximum absolute atomic E-state index is 12.4. The molecule has 1 amide bonds. The molecule has 0 saturated heterocycles. The van der Waals surface area contributed by atoms with Crippen LogP contribution in [0.4, 0.5) is 0 Å². The van der Waals surface area contributed by atoms with Crippen LogP contribution >= 0.6 is 0 Å². The lowest BCUT2D eigenvalue weighted by atomic mass is 9.97. The second kappa shape index (κ2) is 6.38. The molecule has 2 aliphatic rings. The zero-order valence-corrected chi connectivity index (χ0v) is 12.5. The van der Waals surface area contributed by atoms with Gasteiger partial charge in [0.2, 0.25) is 5.91 Å². The minimum absolute atomic E-state index is 0.168. The molecule has 0 radical (unpaired) electrons. The molecule has 0 spiro atoms. The molecule has 0 bridgehead atoms. The van der Waals surface area contributed by atoms with E-state index >= 15 is 0 Å². The Morgan fingerprint density at radius 2 is 1.91 bits per heavy atom. The molecule has 0 aliphatic heterocycles. The summed E-state index contributed by atoms with van der Waals surface area (Å²) in [5.74, 6) is 1.06. The molecule has 3 rings (SSSR count). The molecule has 2 fully saturated rings. The van der Waals surface area contributed by atoms with Gasteiger partial charge in [-0.1, -0.05) is 12.1 Å². The molecule has 0 aromatic heterocycles. The van der Waals surface area contributed by atoms with Crippen LogP contribution < -0.4 is 10.1 Å². The van der Waals surface area contributed by atoms with Crippen LogP contribution in [-0.4, -0.2) is 23.6 Å². The molecule has 2 N–H and O–H groups in total. The fourth-order valence-corrected chi connectivity index (χ4v) is 2.92. The Kier molecular flexibility index (Phi) is 4.32. The molecule has 1 aromatic carbocycles. The van der Waals surface area contributed by atoms with Crippen molar-refractivity contribution < 1.29 is 19.4 Å². The van der Waals surface area contributed by atoms with Crippen LogP contribution in [-0.2, 0) is 16.1 Å². The summed E-state index contributed by atoms with van der Waals surface area (Å²) < 4.78 is 5.15. The van der Waals surface area contributed by atoms with Crippen LogP contribution in [0, 0.1) is 17.8 Å². The minimum atomic E-state index is -1.00. The number of amides is 1. The first-order valence-corrected chi connectivity index (χ1v) is 7.85. The van der Waals surface area contributed by atoms with E-state index in [0.717, 1.165) is 5.56 Å². The van der Waals surface area contributed by atoms with Crippen molar-refractivity contribution in [1.29, 1.82) is 0 Å². The monoisotopic (exact) mass is 303 g/mol. The summed E-state index contributed by atoms with van der Waals surface area (Å²) >= 11 is 0. The lowest BCUT2D eigenvalue weighted by Gasteiger charge is -2.15. The number of rotatable bonds is 8. The first-order chi connectivity index (χ1) is 10.6. The van der Waals surface area contributed by atoms with Gasteiger partial charge in [-0.05, 0) is 55.2 Å². The molecule has 2 saturated carbocycles. The van der Waals surface area contributed by atoms with Crippen LogP contribution in [0.15, 0.2) is 24.3 Å². The van der Waals surface area contributed by atoms with Crippen molar-refractivity contribution in [3.8, 4) is 5.75 Å². The quantitative estimate of drug-likeness (QED) is 0.772. The number of carboxylic acids is 1. The number of nitrogens with one attached hydrogen (secondary N) is 1. The third-order valence-electron chi connectivity index (χ3n) is 4.29. The molecule has 1 aromatic rings. The normalized spacial score (nSPS) is 17.3. The van der Waals surface area contributed by atoms with Crippen LogP contribution in [0.2, 0.25) is 0 Å². The molecule has 118 valence electrons. The number of benzene rings is 1. The summed E-state index contributed by atoms with van der Waals surface area (Å²) in [4.78, 5) is 22.9. The Hall–Kier alpha value is -2.04. The van der Waals surface area contributed by atoms with E-state index in [-0.39, 0.29) is 18.4 Å². The summed E-state index contributed by atoms with van der Waals surface area (Å²) in [7, 11) is 0. The summed E-state index contributed by atoms with van der Waals surface area (Å²) in [6.07, 6.45) is 4.75. The van der Waals surface area contributed by atoms with Crippen molar-refractivity contribution in [2.24, 2.45) is 17.8 Å². The van der Waals surface area contributed by atoms with Crippen LogP contribution in [0.25, 0.3) is 0 Å². The number of carboxylic acid groups (broad SMARTS) is 1. The van der Waals surface area contributed by atoms with E-state index in [9.17, 15) is 9.59 Å². The largest absolute Gasteiger partial charge is 0.482 e. The maximum atomic E-state index is 12.4. The lowest BCUT2D eigenvalue weighted by molar-refractivity contribution is -0.139. The van der Waals surface area contributed by atoms with Crippen molar-refractivity contribution in [1.82, 2.24) is 5.32 Å². The summed E-state index contributed by atoms with van der Waals surface area (Å²) in [6, 6.07) is 7.19. The van der Waals surface area contributed by atoms with Gasteiger partial charge in [-0.15, -0.1) is 0 Å². The number of ether oxygens (including phenoxy) is 1. The average Bonchev–Trinajstić information content (AvgIpc) is 3.38. The second-order valence-corrected chi connectivity index (χ2v) is 6.25. The fourth-order valence-electron chi connectivity index (χ4n) is 2.92. The molecular formula is C17H21NO4. The van der Waals surface area contributed by atoms with Gasteiger partial charge in [0.15, 0.2) is 6.61 Å². The Labute approximate surface area is 129 Å². The maximum Gasteiger partial charge on any atom is 0.341 e. The average molecular weight is 303 g/mol. The van der Waals surface area contributed by atoms with E-state index in [1.54, 1.807) is 18.2 Å². The summed E-state index contributed by atoms with van der Waals surface area (Å²) in [5, 5.41) is 11.6. The SMILES string of the molecule is O=C(O)COc1cccc(CNC(=O)C(C2CC2)C2CC2)c1. The molecule has 0 heterocycles. The topological polar surface area (TPSA) is 75.6 Å². The summed E-state index contributed by atoms with van der Waals surface area (Å²) in [6.45, 7) is 0.0975.